The Balaban J connectivity index is 1.34. The summed E-state index contributed by atoms with van der Waals surface area (Å²) in [6.07, 6.45) is 4.78. The van der Waals surface area contributed by atoms with E-state index in [1.54, 1.807) is 10.7 Å². The molecule has 2 aliphatic carbocycles. The highest BCUT2D eigenvalue weighted by Crippen LogP contribution is 2.36. The van der Waals surface area contributed by atoms with Crippen LogP contribution >= 0.6 is 0 Å². The molecule has 2 aromatic heterocycles. The second-order valence-electron chi connectivity index (χ2n) is 8.82. The Hall–Kier alpha value is -3.73. The lowest BCUT2D eigenvalue weighted by Gasteiger charge is -2.16. The van der Waals surface area contributed by atoms with Crippen molar-refractivity contribution in [1.82, 2.24) is 24.9 Å². The minimum atomic E-state index is -1.20. The highest BCUT2D eigenvalue weighted by Gasteiger charge is 2.28. The van der Waals surface area contributed by atoms with Crippen LogP contribution < -0.4 is 20.7 Å². The Bertz CT molecular complexity index is 1300. The molecule has 1 aliphatic heterocycles. The first-order chi connectivity index (χ1) is 16.6. The fraction of sp³-hybridized carbons (Fsp3) is 0.435. The van der Waals surface area contributed by atoms with Crippen LogP contribution in [-0.4, -0.2) is 55.3 Å². The number of aromatic nitrogens is 4. The van der Waals surface area contributed by atoms with Crippen molar-refractivity contribution in [3.63, 3.8) is 0 Å². The van der Waals surface area contributed by atoms with Crippen LogP contribution in [0.15, 0.2) is 29.4 Å². The maximum atomic E-state index is 12.1. The molecule has 1 aromatic carbocycles. The number of hydrogen-bond acceptors (Lipinski definition) is 9. The molecular formula is C23H26N8O3. The number of carbonyl (C=O) groups excluding carboxylic acids is 1. The van der Waals surface area contributed by atoms with Crippen molar-refractivity contribution in [2.75, 3.05) is 17.2 Å². The van der Waals surface area contributed by atoms with E-state index in [1.807, 2.05) is 13.0 Å². The van der Waals surface area contributed by atoms with Gasteiger partial charge in [0.05, 0.1) is 18.8 Å². The van der Waals surface area contributed by atoms with E-state index in [2.05, 4.69) is 38.2 Å². The van der Waals surface area contributed by atoms with E-state index in [0.717, 1.165) is 37.0 Å². The molecule has 3 aliphatic rings. The molecule has 0 radical (unpaired) electrons. The number of aliphatic hydroxyl groups is 1. The molecule has 3 aromatic rings. The van der Waals surface area contributed by atoms with Gasteiger partial charge in [-0.2, -0.15) is 19.6 Å². The molecule has 6 rings (SSSR count). The fourth-order valence-corrected chi connectivity index (χ4v) is 4.50. The van der Waals surface area contributed by atoms with Gasteiger partial charge >= 0.3 is 0 Å². The van der Waals surface area contributed by atoms with Crippen molar-refractivity contribution in [2.45, 2.75) is 57.5 Å². The molecular weight excluding hydrogens is 436 g/mol. The predicted molar refractivity (Wildman–Crippen MR) is 125 cm³/mol. The average molecular weight is 463 g/mol. The average Bonchev–Trinajstić information content (AvgIpc) is 3.27. The molecule has 4 N–H and O–H groups in total. The Morgan fingerprint density at radius 1 is 1.24 bits per heavy atom. The van der Waals surface area contributed by atoms with Crippen LogP contribution in [0.1, 0.15) is 48.9 Å². The van der Waals surface area contributed by atoms with E-state index in [1.165, 1.54) is 11.1 Å². The smallest absolute Gasteiger partial charge is 0.269 e. The topological polar surface area (TPSA) is 138 Å². The zero-order valence-corrected chi connectivity index (χ0v) is 18.8. The Kier molecular flexibility index (Phi) is 5.05. The second-order valence-corrected chi connectivity index (χ2v) is 8.82. The molecule has 0 spiro atoms. The van der Waals surface area contributed by atoms with Crippen molar-refractivity contribution >= 4 is 29.2 Å². The molecule has 0 saturated heterocycles. The highest BCUT2D eigenvalue weighted by atomic mass is 16.5. The SMILES string of the molecule is CCOc1ccc2c(c1)C(Nc1nc(NC3CC3)n3ncc(CC4=NC(O)NC4=O)c3n1)CC2. The quantitative estimate of drug-likeness (QED) is 0.396. The summed E-state index contributed by atoms with van der Waals surface area (Å²) in [7, 11) is 0. The van der Waals surface area contributed by atoms with E-state index in [4.69, 9.17) is 14.7 Å². The van der Waals surface area contributed by atoms with Crippen LogP contribution in [0, 0.1) is 0 Å². The van der Waals surface area contributed by atoms with E-state index in [0.29, 0.717) is 30.2 Å². The third-order valence-corrected chi connectivity index (χ3v) is 6.32. The number of nitrogens with one attached hydrogen (secondary N) is 3. The minimum Gasteiger partial charge on any atom is -0.494 e. The first-order valence-corrected chi connectivity index (χ1v) is 11.7. The molecule has 11 nitrogen and oxygen atoms in total. The lowest BCUT2D eigenvalue weighted by atomic mass is 10.1. The van der Waals surface area contributed by atoms with E-state index in [9.17, 15) is 9.90 Å². The first kappa shape index (κ1) is 20.8. The number of hydrogen-bond donors (Lipinski definition) is 4. The highest BCUT2D eigenvalue weighted by molar-refractivity contribution is 6.40. The molecule has 34 heavy (non-hydrogen) atoms. The minimum absolute atomic E-state index is 0.0677. The first-order valence-electron chi connectivity index (χ1n) is 11.7. The van der Waals surface area contributed by atoms with Crippen LogP contribution in [0.2, 0.25) is 0 Å². The van der Waals surface area contributed by atoms with E-state index < -0.39 is 6.35 Å². The molecule has 2 atom stereocenters. The summed E-state index contributed by atoms with van der Waals surface area (Å²) in [6, 6.07) is 6.68. The van der Waals surface area contributed by atoms with Gasteiger partial charge in [0.1, 0.15) is 11.5 Å². The third kappa shape index (κ3) is 3.92. The summed E-state index contributed by atoms with van der Waals surface area (Å²) < 4.78 is 7.36. The van der Waals surface area contributed by atoms with Gasteiger partial charge in [0, 0.05) is 18.0 Å². The van der Waals surface area contributed by atoms with Crippen molar-refractivity contribution in [2.24, 2.45) is 4.99 Å². The van der Waals surface area contributed by atoms with Crippen LogP contribution in [0.5, 0.6) is 5.75 Å². The maximum Gasteiger partial charge on any atom is 0.269 e. The maximum absolute atomic E-state index is 12.1. The summed E-state index contributed by atoms with van der Waals surface area (Å²) in [5, 5.41) is 23.4. The Labute approximate surface area is 195 Å². The molecule has 2 unspecified atom stereocenters. The van der Waals surface area contributed by atoms with Gasteiger partial charge in [-0.15, -0.1) is 0 Å². The molecule has 0 bridgehead atoms. The van der Waals surface area contributed by atoms with Crippen LogP contribution in [0.25, 0.3) is 5.65 Å². The number of carbonyl (C=O) groups is 1. The monoisotopic (exact) mass is 462 g/mol. The van der Waals surface area contributed by atoms with Crippen molar-refractivity contribution < 1.29 is 14.6 Å². The number of rotatable bonds is 8. The normalized spacial score (nSPS) is 21.4. The van der Waals surface area contributed by atoms with Crippen molar-refractivity contribution in [1.29, 1.82) is 0 Å². The summed E-state index contributed by atoms with van der Waals surface area (Å²) in [5.41, 5.74) is 4.08. The van der Waals surface area contributed by atoms with Gasteiger partial charge in [0.25, 0.3) is 5.91 Å². The van der Waals surface area contributed by atoms with Gasteiger partial charge in [-0.3, -0.25) is 4.79 Å². The fourth-order valence-electron chi connectivity index (χ4n) is 4.50. The molecule has 1 fully saturated rings. The summed E-state index contributed by atoms with van der Waals surface area (Å²) in [6.45, 7) is 2.60. The van der Waals surface area contributed by atoms with Crippen LogP contribution in [0.4, 0.5) is 11.9 Å². The van der Waals surface area contributed by atoms with Crippen LogP contribution in [0.3, 0.4) is 0 Å². The standard InChI is InChI=1S/C23H26N8O3/c1-2-34-15-7-3-12-4-8-17(16(12)10-15)26-21-28-19-13(9-18-20(32)29-23(33)27-18)11-24-31(19)22(30-21)25-14-5-6-14/h3,7,10-11,14,17,23,33H,2,4-6,8-9H2,1H3,(H,29,32)(H2,25,26,28,30). The number of anilines is 2. The van der Waals surface area contributed by atoms with Gasteiger partial charge < -0.3 is 25.8 Å². The summed E-state index contributed by atoms with van der Waals surface area (Å²) in [4.78, 5) is 25.5. The number of nitrogens with zero attached hydrogens (tertiary/aromatic N) is 5. The van der Waals surface area contributed by atoms with Crippen molar-refractivity contribution in [3.05, 3.63) is 41.1 Å². The van der Waals surface area contributed by atoms with Gasteiger partial charge in [-0.25, -0.2) is 4.99 Å². The lowest BCUT2D eigenvalue weighted by Crippen LogP contribution is -2.29. The molecule has 1 saturated carbocycles. The summed E-state index contributed by atoms with van der Waals surface area (Å²) in [5.74, 6) is 1.58. The zero-order chi connectivity index (χ0) is 23.2. The Morgan fingerprint density at radius 2 is 2.12 bits per heavy atom. The number of aryl methyl sites for hydroxylation is 1. The number of fused-ring (bicyclic) bond motifs is 2. The van der Waals surface area contributed by atoms with E-state index in [-0.39, 0.29) is 24.1 Å². The third-order valence-electron chi connectivity index (χ3n) is 6.32. The van der Waals surface area contributed by atoms with Crippen LogP contribution in [-0.2, 0) is 17.6 Å². The largest absolute Gasteiger partial charge is 0.494 e. The number of benzene rings is 1. The number of aliphatic imine (C=N–C) groups is 1. The predicted octanol–water partition coefficient (Wildman–Crippen LogP) is 1.59. The molecule has 3 heterocycles. The molecule has 176 valence electrons. The van der Waals surface area contributed by atoms with Gasteiger partial charge in [-0.05, 0) is 55.9 Å². The number of ether oxygens (including phenoxy) is 1. The van der Waals surface area contributed by atoms with Crippen molar-refractivity contribution in [3.8, 4) is 5.75 Å². The number of amides is 1. The van der Waals surface area contributed by atoms with Gasteiger partial charge in [0.15, 0.2) is 5.65 Å². The van der Waals surface area contributed by atoms with Gasteiger partial charge in [0.2, 0.25) is 18.2 Å². The van der Waals surface area contributed by atoms with E-state index >= 15 is 0 Å². The lowest BCUT2D eigenvalue weighted by molar-refractivity contribution is -0.116. The zero-order valence-electron chi connectivity index (χ0n) is 18.8. The summed E-state index contributed by atoms with van der Waals surface area (Å²) >= 11 is 0. The molecule has 1 amide bonds. The number of aliphatic hydroxyl groups excluding tert-OH is 1. The van der Waals surface area contributed by atoms with Gasteiger partial charge in [-0.1, -0.05) is 6.07 Å². The molecule has 11 heteroatoms. The Morgan fingerprint density at radius 3 is 2.88 bits per heavy atom. The second kappa shape index (κ2) is 8.24.